The summed E-state index contributed by atoms with van der Waals surface area (Å²) in [5.41, 5.74) is 0. The third-order valence-electron chi connectivity index (χ3n) is 3.27. The van der Waals surface area contributed by atoms with Crippen LogP contribution in [0.2, 0.25) is 0 Å². The van der Waals surface area contributed by atoms with Gasteiger partial charge in [0.25, 0.3) is 0 Å². The molecule has 2 aliphatic rings. The monoisotopic (exact) mass is 168 g/mol. The Kier molecular flexibility index (Phi) is 3.04. The van der Waals surface area contributed by atoms with Gasteiger partial charge in [-0.2, -0.15) is 0 Å². The second-order valence-corrected chi connectivity index (χ2v) is 4.39. The van der Waals surface area contributed by atoms with Crippen molar-refractivity contribution < 1.29 is 4.74 Å². The molecule has 1 unspecified atom stereocenters. The number of hydrogen-bond acceptors (Lipinski definition) is 1. The molecule has 12 heavy (non-hydrogen) atoms. The molecule has 1 atom stereocenters. The van der Waals surface area contributed by atoms with Crippen LogP contribution in [0, 0.1) is 5.92 Å². The van der Waals surface area contributed by atoms with Crippen LogP contribution in [0.25, 0.3) is 0 Å². The van der Waals surface area contributed by atoms with E-state index in [9.17, 15) is 0 Å². The molecular formula is C11H20O. The molecule has 0 aromatic carbocycles. The molecule has 0 bridgehead atoms. The van der Waals surface area contributed by atoms with Crippen molar-refractivity contribution in [3.8, 4) is 0 Å². The molecular weight excluding hydrogens is 148 g/mol. The molecule has 0 spiro atoms. The minimum absolute atomic E-state index is 0.661. The van der Waals surface area contributed by atoms with Crippen LogP contribution in [-0.2, 0) is 4.74 Å². The highest BCUT2D eigenvalue weighted by Gasteiger charge is 2.22. The van der Waals surface area contributed by atoms with Crippen molar-refractivity contribution >= 4 is 0 Å². The Labute approximate surface area is 75.5 Å². The Bertz CT molecular complexity index is 123. The molecule has 1 saturated carbocycles. The summed E-state index contributed by atoms with van der Waals surface area (Å²) in [6.07, 6.45) is 12.4. The topological polar surface area (TPSA) is 12.5 Å². The second kappa shape index (κ2) is 4.27. The van der Waals surface area contributed by atoms with E-state index in [-0.39, 0.29) is 0 Å². The van der Waals surface area contributed by atoms with Crippen LogP contribution >= 0.6 is 0 Å². The van der Waals surface area contributed by atoms with Crippen LogP contribution in [-0.4, -0.2) is 12.7 Å². The Morgan fingerprint density at radius 2 is 1.75 bits per heavy atom. The summed E-state index contributed by atoms with van der Waals surface area (Å²) < 4.78 is 5.20. The van der Waals surface area contributed by atoms with Crippen LogP contribution in [0.4, 0.5) is 0 Å². The number of hydrogen-bond donors (Lipinski definition) is 0. The van der Waals surface area contributed by atoms with Crippen molar-refractivity contribution in [1.29, 1.82) is 0 Å². The maximum Gasteiger partial charge on any atom is 0.0810 e. The van der Waals surface area contributed by atoms with Crippen molar-refractivity contribution in [3.63, 3.8) is 0 Å². The van der Waals surface area contributed by atoms with Crippen LogP contribution in [0.15, 0.2) is 0 Å². The Morgan fingerprint density at radius 3 is 2.42 bits per heavy atom. The lowest BCUT2D eigenvalue weighted by molar-refractivity contribution is 0.318. The maximum atomic E-state index is 5.20. The highest BCUT2D eigenvalue weighted by atomic mass is 16.6. The first-order chi connectivity index (χ1) is 5.95. The van der Waals surface area contributed by atoms with E-state index >= 15 is 0 Å². The highest BCUT2D eigenvalue weighted by molar-refractivity contribution is 4.71. The minimum atomic E-state index is 0.661. The van der Waals surface area contributed by atoms with E-state index in [1.807, 2.05) is 0 Å². The summed E-state index contributed by atoms with van der Waals surface area (Å²) in [7, 11) is 0. The average Bonchev–Trinajstić information content (AvgIpc) is 2.90. The van der Waals surface area contributed by atoms with Gasteiger partial charge in [-0.3, -0.25) is 0 Å². The predicted octanol–water partition coefficient (Wildman–Crippen LogP) is 3.14. The molecule has 0 N–H and O–H groups in total. The molecule has 1 aliphatic heterocycles. The summed E-state index contributed by atoms with van der Waals surface area (Å²) in [5, 5.41) is 0. The molecule has 1 heterocycles. The van der Waals surface area contributed by atoms with Gasteiger partial charge in [0.2, 0.25) is 0 Å². The van der Waals surface area contributed by atoms with Crippen molar-refractivity contribution in [1.82, 2.24) is 0 Å². The van der Waals surface area contributed by atoms with Gasteiger partial charge < -0.3 is 4.74 Å². The summed E-state index contributed by atoms with van der Waals surface area (Å²) >= 11 is 0. The van der Waals surface area contributed by atoms with Gasteiger partial charge in [0.15, 0.2) is 0 Å². The zero-order valence-electron chi connectivity index (χ0n) is 7.93. The summed E-state index contributed by atoms with van der Waals surface area (Å²) in [6, 6.07) is 0. The van der Waals surface area contributed by atoms with Crippen molar-refractivity contribution in [2.75, 3.05) is 6.61 Å². The van der Waals surface area contributed by atoms with Gasteiger partial charge in [-0.05, 0) is 12.3 Å². The molecule has 2 fully saturated rings. The van der Waals surface area contributed by atoms with Crippen molar-refractivity contribution in [2.45, 2.75) is 57.5 Å². The lowest BCUT2D eigenvalue weighted by atomic mass is 9.86. The van der Waals surface area contributed by atoms with Crippen LogP contribution in [0.1, 0.15) is 51.4 Å². The molecule has 1 aliphatic carbocycles. The zero-order valence-corrected chi connectivity index (χ0v) is 7.93. The summed E-state index contributed by atoms with van der Waals surface area (Å²) in [4.78, 5) is 0. The van der Waals surface area contributed by atoms with Crippen molar-refractivity contribution in [2.24, 2.45) is 5.92 Å². The molecule has 1 nitrogen and oxygen atoms in total. The third-order valence-corrected chi connectivity index (χ3v) is 3.27. The van der Waals surface area contributed by atoms with Crippen LogP contribution in [0.5, 0.6) is 0 Å². The van der Waals surface area contributed by atoms with Gasteiger partial charge in [0.05, 0.1) is 12.7 Å². The molecule has 2 rings (SSSR count). The summed E-state index contributed by atoms with van der Waals surface area (Å²) in [5.74, 6) is 1.07. The van der Waals surface area contributed by atoms with Gasteiger partial charge >= 0.3 is 0 Å². The molecule has 1 heteroatoms. The van der Waals surface area contributed by atoms with E-state index in [4.69, 9.17) is 4.74 Å². The molecule has 70 valence electrons. The molecule has 0 amide bonds. The van der Waals surface area contributed by atoms with Crippen molar-refractivity contribution in [3.05, 3.63) is 0 Å². The zero-order chi connectivity index (χ0) is 8.23. The Morgan fingerprint density at radius 1 is 1.00 bits per heavy atom. The number of rotatable bonds is 4. The van der Waals surface area contributed by atoms with E-state index in [0.717, 1.165) is 12.5 Å². The van der Waals surface area contributed by atoms with Gasteiger partial charge in [-0.25, -0.2) is 0 Å². The third kappa shape index (κ3) is 2.78. The largest absolute Gasteiger partial charge is 0.373 e. The first-order valence-corrected chi connectivity index (χ1v) is 5.57. The highest BCUT2D eigenvalue weighted by Crippen LogP contribution is 2.28. The first kappa shape index (κ1) is 8.55. The second-order valence-electron chi connectivity index (χ2n) is 4.39. The molecule has 0 aromatic heterocycles. The lowest BCUT2D eigenvalue weighted by Gasteiger charge is -2.20. The fourth-order valence-corrected chi connectivity index (χ4v) is 2.34. The minimum Gasteiger partial charge on any atom is -0.373 e. The normalized spacial score (nSPS) is 30.5. The Hall–Kier alpha value is -0.0400. The van der Waals surface area contributed by atoms with E-state index in [1.165, 1.54) is 51.4 Å². The van der Waals surface area contributed by atoms with Crippen LogP contribution in [0.3, 0.4) is 0 Å². The van der Waals surface area contributed by atoms with Gasteiger partial charge in [-0.15, -0.1) is 0 Å². The number of ether oxygens (including phenoxy) is 1. The van der Waals surface area contributed by atoms with E-state index < -0.39 is 0 Å². The van der Waals surface area contributed by atoms with Gasteiger partial charge in [0, 0.05) is 0 Å². The smallest absolute Gasteiger partial charge is 0.0810 e. The summed E-state index contributed by atoms with van der Waals surface area (Å²) in [6.45, 7) is 1.05. The standard InChI is InChI=1S/C11H20O/c1-2-5-10(6-3-1)7-4-8-11-9-12-11/h10-11H,1-9H2. The quantitative estimate of drug-likeness (QED) is 0.587. The molecule has 1 saturated heterocycles. The average molecular weight is 168 g/mol. The predicted molar refractivity (Wildman–Crippen MR) is 50.2 cm³/mol. The van der Waals surface area contributed by atoms with Gasteiger partial charge in [0.1, 0.15) is 0 Å². The fourth-order valence-electron chi connectivity index (χ4n) is 2.34. The van der Waals surface area contributed by atoms with Gasteiger partial charge in [-0.1, -0.05) is 44.9 Å². The van der Waals surface area contributed by atoms with E-state index in [1.54, 1.807) is 0 Å². The van der Waals surface area contributed by atoms with Crippen LogP contribution < -0.4 is 0 Å². The van der Waals surface area contributed by atoms with E-state index in [0.29, 0.717) is 6.10 Å². The Balaban J connectivity index is 1.52. The number of epoxide rings is 1. The first-order valence-electron chi connectivity index (χ1n) is 5.57. The maximum absolute atomic E-state index is 5.20. The van der Waals surface area contributed by atoms with E-state index in [2.05, 4.69) is 0 Å². The fraction of sp³-hybridized carbons (Fsp3) is 1.00. The molecule has 0 radical (unpaired) electrons. The SMILES string of the molecule is C1CCC(CCCC2CO2)CC1. The lowest BCUT2D eigenvalue weighted by Crippen LogP contribution is -2.06. The molecule has 0 aromatic rings.